The molecule has 0 aromatic carbocycles. The lowest BCUT2D eigenvalue weighted by molar-refractivity contribution is -0.0115. The zero-order valence-electron chi connectivity index (χ0n) is 19.4. The molecule has 2 aromatic rings. The number of ether oxygens (including phenoxy) is 2. The van der Waals surface area contributed by atoms with E-state index >= 15 is 0 Å². The minimum absolute atomic E-state index is 0.0601. The normalized spacial score (nSPS) is 19.0. The lowest BCUT2D eigenvalue weighted by Gasteiger charge is -2.35. The van der Waals surface area contributed by atoms with Gasteiger partial charge in [0.05, 0.1) is 12.7 Å². The third-order valence-electron chi connectivity index (χ3n) is 4.85. The van der Waals surface area contributed by atoms with Gasteiger partial charge in [-0.25, -0.2) is 22.6 Å². The van der Waals surface area contributed by atoms with E-state index in [2.05, 4.69) is 10.1 Å². The Hall–Kier alpha value is -3.22. The predicted octanol–water partition coefficient (Wildman–Crippen LogP) is 1.77. The molecule has 2 aromatic heterocycles. The number of rotatable bonds is 6. The third-order valence-corrected chi connectivity index (χ3v) is 5.58. The van der Waals surface area contributed by atoms with E-state index in [1.165, 1.54) is 34.2 Å². The Kier molecular flexibility index (Phi) is 7.15. The maximum atomic E-state index is 14.8. The molecule has 1 aliphatic rings. The van der Waals surface area contributed by atoms with E-state index in [4.69, 9.17) is 15.2 Å². The first-order chi connectivity index (χ1) is 15.7. The van der Waals surface area contributed by atoms with E-state index in [1.54, 1.807) is 20.8 Å². The Morgan fingerprint density at radius 3 is 2.56 bits per heavy atom. The molecule has 3 rings (SSSR count). The summed E-state index contributed by atoms with van der Waals surface area (Å²) in [5, 5.41) is 3.99. The molecule has 0 spiro atoms. The van der Waals surface area contributed by atoms with Crippen LogP contribution >= 0.6 is 0 Å². The number of carbonyl (C=O) groups is 2. The van der Waals surface area contributed by atoms with Crippen LogP contribution in [0.5, 0.6) is 5.88 Å². The van der Waals surface area contributed by atoms with Gasteiger partial charge in [0.25, 0.3) is 5.91 Å². The quantitative estimate of drug-likeness (QED) is 0.635. The van der Waals surface area contributed by atoms with Crippen molar-refractivity contribution in [3.05, 3.63) is 30.2 Å². The number of nitrogens with two attached hydrogens (primary N) is 1. The molecule has 2 atom stereocenters. The largest absolute Gasteiger partial charge is 0.471 e. The minimum atomic E-state index is -3.29. The number of amides is 2. The summed E-state index contributed by atoms with van der Waals surface area (Å²) in [6, 6.07) is 1.43. The van der Waals surface area contributed by atoms with Crippen molar-refractivity contribution < 1.29 is 31.9 Å². The minimum Gasteiger partial charge on any atom is -0.471 e. The summed E-state index contributed by atoms with van der Waals surface area (Å²) < 4.78 is 49.9. The number of alkyl halides is 1. The van der Waals surface area contributed by atoms with Gasteiger partial charge in [0.1, 0.15) is 23.1 Å². The first-order valence-corrected chi connectivity index (χ1v) is 12.6. The van der Waals surface area contributed by atoms with Crippen LogP contribution in [0.4, 0.5) is 9.18 Å². The van der Waals surface area contributed by atoms with Crippen molar-refractivity contribution in [2.45, 2.75) is 50.9 Å². The molecule has 1 aliphatic heterocycles. The summed E-state index contributed by atoms with van der Waals surface area (Å²) in [6.45, 7) is 5.17. The van der Waals surface area contributed by atoms with Crippen molar-refractivity contribution in [2.75, 3.05) is 19.3 Å². The maximum absolute atomic E-state index is 14.8. The van der Waals surface area contributed by atoms with Crippen LogP contribution in [0.25, 0.3) is 11.1 Å². The second-order valence-corrected chi connectivity index (χ2v) is 11.3. The summed E-state index contributed by atoms with van der Waals surface area (Å²) in [6.07, 6.45) is 2.50. The summed E-state index contributed by atoms with van der Waals surface area (Å²) in [4.78, 5) is 29.6. The van der Waals surface area contributed by atoms with Crippen LogP contribution in [0.3, 0.4) is 0 Å². The summed E-state index contributed by atoms with van der Waals surface area (Å²) in [5.41, 5.74) is 5.70. The number of nitrogens with zero attached hydrogens (tertiary/aromatic N) is 4. The van der Waals surface area contributed by atoms with Gasteiger partial charge >= 0.3 is 6.09 Å². The predicted molar refractivity (Wildman–Crippen MR) is 121 cm³/mol. The molecule has 0 radical (unpaired) electrons. The number of piperidine rings is 1. The summed E-state index contributed by atoms with van der Waals surface area (Å²) in [5.74, 6) is -1.25. The molecule has 11 nitrogen and oxygen atoms in total. The first-order valence-electron chi connectivity index (χ1n) is 10.5. The number of likely N-dealkylation sites (tertiary alicyclic amines) is 1. The molecule has 0 bridgehead atoms. The Labute approximate surface area is 196 Å². The smallest absolute Gasteiger partial charge is 0.410 e. The van der Waals surface area contributed by atoms with Gasteiger partial charge in [0.15, 0.2) is 16.0 Å². The van der Waals surface area contributed by atoms with E-state index in [9.17, 15) is 22.4 Å². The first kappa shape index (κ1) is 25.4. The monoisotopic (exact) mass is 497 g/mol. The number of carbonyl (C=O) groups excluding carboxylic acids is 2. The van der Waals surface area contributed by atoms with Gasteiger partial charge < -0.3 is 20.1 Å². The molecule has 34 heavy (non-hydrogen) atoms. The molecule has 1 fully saturated rings. The molecule has 0 saturated carbocycles. The van der Waals surface area contributed by atoms with Gasteiger partial charge in [-0.05, 0) is 26.8 Å². The van der Waals surface area contributed by atoms with Gasteiger partial charge in [0, 0.05) is 42.7 Å². The zero-order chi connectivity index (χ0) is 25.3. The van der Waals surface area contributed by atoms with Crippen molar-refractivity contribution in [3.8, 4) is 17.0 Å². The third kappa shape index (κ3) is 6.65. The second-order valence-electron chi connectivity index (χ2n) is 9.15. The Bertz CT molecular complexity index is 1180. The fourth-order valence-corrected chi connectivity index (χ4v) is 3.98. The Balaban J connectivity index is 1.73. The lowest BCUT2D eigenvalue weighted by atomic mass is 10.1. The topological polar surface area (TPSA) is 147 Å². The van der Waals surface area contributed by atoms with Crippen LogP contribution in [-0.4, -0.2) is 77.3 Å². The number of sulfone groups is 1. The van der Waals surface area contributed by atoms with Crippen molar-refractivity contribution in [1.29, 1.82) is 0 Å². The standard InChI is InChI=1S/C21H28FN5O6S/c1-21(2,3)33-20(29)26-6-5-17(16(22)11-26)32-19-15(18(23)28)7-13(8-24-19)14-9-25-27(10-14)12-34(4,30)31/h7-10,16-17H,5-6,11-12H2,1-4H3,(H2,23,28)/t16-,17-/m0/s1. The number of halogens is 1. The number of primary amides is 1. The fourth-order valence-electron chi connectivity index (χ4n) is 3.36. The molecule has 3 heterocycles. The number of pyridine rings is 1. The number of aromatic nitrogens is 3. The van der Waals surface area contributed by atoms with E-state index < -0.39 is 39.7 Å². The number of hydrogen-bond donors (Lipinski definition) is 1. The molecule has 186 valence electrons. The average molecular weight is 498 g/mol. The highest BCUT2D eigenvalue weighted by molar-refractivity contribution is 7.89. The van der Waals surface area contributed by atoms with Gasteiger partial charge in [-0.15, -0.1) is 0 Å². The van der Waals surface area contributed by atoms with Crippen LogP contribution in [0.15, 0.2) is 24.7 Å². The average Bonchev–Trinajstić information content (AvgIpc) is 3.14. The van der Waals surface area contributed by atoms with Crippen LogP contribution < -0.4 is 10.5 Å². The molecular formula is C21H28FN5O6S. The molecule has 2 N–H and O–H groups in total. The molecule has 13 heteroatoms. The fraction of sp³-hybridized carbons (Fsp3) is 0.524. The lowest BCUT2D eigenvalue weighted by Crippen LogP contribution is -2.50. The maximum Gasteiger partial charge on any atom is 0.410 e. The number of hydrogen-bond acceptors (Lipinski definition) is 8. The van der Waals surface area contributed by atoms with Crippen molar-refractivity contribution in [2.24, 2.45) is 5.73 Å². The molecule has 0 aliphatic carbocycles. The summed E-state index contributed by atoms with van der Waals surface area (Å²) >= 11 is 0. The van der Waals surface area contributed by atoms with Crippen LogP contribution in [0.1, 0.15) is 37.6 Å². The highest BCUT2D eigenvalue weighted by Gasteiger charge is 2.35. The molecule has 0 unspecified atom stereocenters. The van der Waals surface area contributed by atoms with E-state index in [-0.39, 0.29) is 36.8 Å². The molecule has 1 saturated heterocycles. The molecule has 2 amide bonds. The summed E-state index contributed by atoms with van der Waals surface area (Å²) in [7, 11) is -3.29. The van der Waals surface area contributed by atoms with Gasteiger partial charge in [-0.2, -0.15) is 5.10 Å². The van der Waals surface area contributed by atoms with E-state index in [1.807, 2.05) is 0 Å². The van der Waals surface area contributed by atoms with Gasteiger partial charge in [0.2, 0.25) is 5.88 Å². The van der Waals surface area contributed by atoms with Gasteiger partial charge in [-0.1, -0.05) is 0 Å². The van der Waals surface area contributed by atoms with Gasteiger partial charge in [-0.3, -0.25) is 9.48 Å². The van der Waals surface area contributed by atoms with Crippen LogP contribution in [0.2, 0.25) is 0 Å². The van der Waals surface area contributed by atoms with E-state index in [0.717, 1.165) is 6.26 Å². The van der Waals surface area contributed by atoms with Crippen molar-refractivity contribution >= 4 is 21.8 Å². The van der Waals surface area contributed by atoms with Crippen molar-refractivity contribution in [1.82, 2.24) is 19.7 Å². The SMILES string of the molecule is CC(C)(C)OC(=O)N1CC[C@H](Oc2ncc(-c3cnn(CS(C)(=O)=O)c3)cc2C(N)=O)[C@@H](F)C1. The van der Waals surface area contributed by atoms with E-state index in [0.29, 0.717) is 11.1 Å². The van der Waals surface area contributed by atoms with Crippen LogP contribution in [-0.2, 0) is 20.5 Å². The Morgan fingerprint density at radius 1 is 1.26 bits per heavy atom. The second kappa shape index (κ2) is 9.57. The van der Waals surface area contributed by atoms with Crippen LogP contribution in [0, 0.1) is 0 Å². The Morgan fingerprint density at radius 2 is 1.97 bits per heavy atom. The highest BCUT2D eigenvalue weighted by Crippen LogP contribution is 2.27. The highest BCUT2D eigenvalue weighted by atomic mass is 32.2. The van der Waals surface area contributed by atoms with Crippen molar-refractivity contribution in [3.63, 3.8) is 0 Å². The molecular weight excluding hydrogens is 469 g/mol. The zero-order valence-corrected chi connectivity index (χ0v) is 20.2.